The Kier molecular flexibility index (Phi) is 13.1. The van der Waals surface area contributed by atoms with Crippen molar-refractivity contribution in [1.29, 1.82) is 10.5 Å². The van der Waals surface area contributed by atoms with Crippen molar-refractivity contribution in [3.63, 3.8) is 0 Å². The summed E-state index contributed by atoms with van der Waals surface area (Å²) in [5, 5.41) is 32.1. The van der Waals surface area contributed by atoms with Crippen LogP contribution < -0.4 is 19.5 Å². The molecular weight excluding hydrogens is 702 g/mol. The summed E-state index contributed by atoms with van der Waals surface area (Å²) in [6.45, 7) is 8.64. The molecule has 1 saturated heterocycles. The standard InChI is InChI=1S/C42H42ClN7O4/c1-28-32(6-3-7-36(28)37-8-4-9-39(29(37)2)52-15-5-13-50-14-11-35(51)25-50)27-54-41-18-40(53-26-31-16-30(19-44)21-46-22-31)33(17-38(41)43)23-47-24-34-10-12-48-42(20-45)49-34/h3-4,6-10,12,16-18,21-22,35,47,51H,5,11,13-15,23-27H2,1-2H3. The molecule has 1 fully saturated rings. The molecule has 0 amide bonds. The molecule has 6 rings (SSSR count). The maximum absolute atomic E-state index is 9.80. The second-order valence-electron chi connectivity index (χ2n) is 13.2. The molecular formula is C42H42ClN7O4. The fraction of sp³-hybridized carbons (Fsp3) is 0.310. The normalized spacial score (nSPS) is 14.0. The number of β-amino-alcohol motifs (C(OH)–C–C–N with tert-alkyl or cyclic N) is 1. The molecule has 12 heteroatoms. The van der Waals surface area contributed by atoms with Crippen LogP contribution in [0.5, 0.6) is 17.2 Å². The van der Waals surface area contributed by atoms with Crippen LogP contribution in [-0.2, 0) is 26.3 Å². The number of hydrogen-bond donors (Lipinski definition) is 2. The zero-order valence-electron chi connectivity index (χ0n) is 30.4. The number of benzene rings is 3. The van der Waals surface area contributed by atoms with Crippen LogP contribution in [0.25, 0.3) is 11.1 Å². The maximum Gasteiger partial charge on any atom is 0.232 e. The molecule has 2 aromatic heterocycles. The predicted molar refractivity (Wildman–Crippen MR) is 205 cm³/mol. The fourth-order valence-electron chi connectivity index (χ4n) is 6.46. The molecule has 0 saturated carbocycles. The van der Waals surface area contributed by atoms with Gasteiger partial charge in [-0.3, -0.25) is 4.98 Å². The molecule has 0 bridgehead atoms. The number of hydrogen-bond acceptors (Lipinski definition) is 11. The molecule has 3 aromatic carbocycles. The van der Waals surface area contributed by atoms with Gasteiger partial charge in [-0.2, -0.15) is 10.5 Å². The summed E-state index contributed by atoms with van der Waals surface area (Å²) in [4.78, 5) is 14.6. The lowest BCUT2D eigenvalue weighted by molar-refractivity contribution is 0.173. The van der Waals surface area contributed by atoms with Crippen molar-refractivity contribution >= 4 is 11.6 Å². The highest BCUT2D eigenvalue weighted by Crippen LogP contribution is 2.36. The van der Waals surface area contributed by atoms with Crippen molar-refractivity contribution < 1.29 is 19.3 Å². The van der Waals surface area contributed by atoms with Crippen LogP contribution in [-0.4, -0.2) is 57.3 Å². The maximum atomic E-state index is 9.80. The van der Waals surface area contributed by atoms with Crippen LogP contribution in [0, 0.1) is 36.5 Å². The van der Waals surface area contributed by atoms with E-state index in [9.17, 15) is 10.4 Å². The molecule has 11 nitrogen and oxygen atoms in total. The van der Waals surface area contributed by atoms with E-state index >= 15 is 0 Å². The zero-order chi connectivity index (χ0) is 37.9. The number of rotatable bonds is 16. The highest BCUT2D eigenvalue weighted by molar-refractivity contribution is 6.32. The van der Waals surface area contributed by atoms with Crippen LogP contribution in [0.15, 0.2) is 79.3 Å². The SMILES string of the molecule is Cc1c(COc2cc(OCc3cncc(C#N)c3)c(CNCc3ccnc(C#N)n3)cc2Cl)cccc1-c1cccc(OCCCN2CCC(O)C2)c1C. The van der Waals surface area contributed by atoms with Gasteiger partial charge in [-0.1, -0.05) is 41.9 Å². The Bertz CT molecular complexity index is 2170. The minimum atomic E-state index is -0.210. The molecule has 1 unspecified atom stereocenters. The molecule has 1 atom stereocenters. The number of nitriles is 2. The number of aromatic nitrogens is 3. The van der Waals surface area contributed by atoms with Crippen LogP contribution in [0.1, 0.15) is 57.7 Å². The third kappa shape index (κ3) is 9.90. The van der Waals surface area contributed by atoms with Gasteiger partial charge in [0.15, 0.2) is 0 Å². The largest absolute Gasteiger partial charge is 0.493 e. The van der Waals surface area contributed by atoms with E-state index in [1.165, 1.54) is 6.20 Å². The van der Waals surface area contributed by atoms with E-state index < -0.39 is 0 Å². The highest BCUT2D eigenvalue weighted by atomic mass is 35.5. The van der Waals surface area contributed by atoms with E-state index in [0.717, 1.165) is 77.2 Å². The van der Waals surface area contributed by atoms with Gasteiger partial charge in [0.25, 0.3) is 0 Å². The minimum Gasteiger partial charge on any atom is -0.493 e. The molecule has 276 valence electrons. The molecule has 1 aliphatic heterocycles. The Hall–Kier alpha value is -5.56. The third-order valence-electron chi connectivity index (χ3n) is 9.40. The van der Waals surface area contributed by atoms with E-state index in [4.69, 9.17) is 31.1 Å². The number of ether oxygens (including phenoxy) is 3. The second-order valence-corrected chi connectivity index (χ2v) is 13.6. The van der Waals surface area contributed by atoms with E-state index in [0.29, 0.717) is 47.5 Å². The average Bonchev–Trinajstić information content (AvgIpc) is 3.61. The monoisotopic (exact) mass is 743 g/mol. The fourth-order valence-corrected chi connectivity index (χ4v) is 6.70. The highest BCUT2D eigenvalue weighted by Gasteiger charge is 2.20. The van der Waals surface area contributed by atoms with Crippen molar-refractivity contribution in [2.45, 2.75) is 59.1 Å². The first-order valence-corrected chi connectivity index (χ1v) is 18.3. The summed E-state index contributed by atoms with van der Waals surface area (Å²) < 4.78 is 18.9. The van der Waals surface area contributed by atoms with Crippen LogP contribution in [0.4, 0.5) is 0 Å². The summed E-state index contributed by atoms with van der Waals surface area (Å²) >= 11 is 6.82. The van der Waals surface area contributed by atoms with Gasteiger partial charge < -0.3 is 29.5 Å². The second kappa shape index (κ2) is 18.5. The van der Waals surface area contributed by atoms with E-state index in [1.54, 1.807) is 30.6 Å². The number of halogens is 1. The quantitative estimate of drug-likeness (QED) is 0.102. The summed E-state index contributed by atoms with van der Waals surface area (Å²) in [5.74, 6) is 1.99. The zero-order valence-corrected chi connectivity index (χ0v) is 31.1. The van der Waals surface area contributed by atoms with Crippen LogP contribution in [0.2, 0.25) is 5.02 Å². The van der Waals surface area contributed by atoms with Crippen molar-refractivity contribution in [2.24, 2.45) is 0 Å². The van der Waals surface area contributed by atoms with E-state index in [-0.39, 0.29) is 25.1 Å². The molecule has 1 aliphatic rings. The van der Waals surface area contributed by atoms with Crippen molar-refractivity contribution in [1.82, 2.24) is 25.2 Å². The summed E-state index contributed by atoms with van der Waals surface area (Å²) in [6, 6.07) is 23.5. The van der Waals surface area contributed by atoms with Gasteiger partial charge in [0.1, 0.15) is 42.6 Å². The molecule has 0 spiro atoms. The Balaban J connectivity index is 1.16. The topological polar surface area (TPSA) is 149 Å². The van der Waals surface area contributed by atoms with Gasteiger partial charge in [-0.25, -0.2) is 9.97 Å². The van der Waals surface area contributed by atoms with Crippen LogP contribution in [0.3, 0.4) is 0 Å². The van der Waals surface area contributed by atoms with Crippen molar-refractivity contribution in [3.05, 3.63) is 129 Å². The van der Waals surface area contributed by atoms with Crippen LogP contribution >= 0.6 is 11.6 Å². The Morgan fingerprint density at radius 2 is 1.70 bits per heavy atom. The first-order valence-electron chi connectivity index (χ1n) is 17.9. The van der Waals surface area contributed by atoms with Gasteiger partial charge in [0.2, 0.25) is 5.82 Å². The van der Waals surface area contributed by atoms with Gasteiger partial charge in [-0.05, 0) is 78.8 Å². The third-order valence-corrected chi connectivity index (χ3v) is 9.69. The number of nitrogens with zero attached hydrogens (tertiary/aromatic N) is 6. The lowest BCUT2D eigenvalue weighted by Gasteiger charge is -2.19. The van der Waals surface area contributed by atoms with E-state index in [2.05, 4.69) is 57.2 Å². The summed E-state index contributed by atoms with van der Waals surface area (Å²) in [7, 11) is 0. The Morgan fingerprint density at radius 3 is 2.50 bits per heavy atom. The molecule has 54 heavy (non-hydrogen) atoms. The minimum absolute atomic E-state index is 0.108. The number of pyridine rings is 1. The predicted octanol–water partition coefficient (Wildman–Crippen LogP) is 6.84. The smallest absolute Gasteiger partial charge is 0.232 e. The molecule has 3 heterocycles. The molecule has 5 aromatic rings. The Morgan fingerprint density at radius 1 is 0.889 bits per heavy atom. The molecule has 0 aliphatic carbocycles. The lowest BCUT2D eigenvalue weighted by Crippen LogP contribution is -2.24. The van der Waals surface area contributed by atoms with Gasteiger partial charge in [0.05, 0.1) is 29.0 Å². The van der Waals surface area contributed by atoms with Crippen molar-refractivity contribution in [2.75, 3.05) is 26.2 Å². The number of likely N-dealkylation sites (tertiary alicyclic amines) is 1. The van der Waals surface area contributed by atoms with Gasteiger partial charge in [-0.15, -0.1) is 0 Å². The molecule has 2 N–H and O–H groups in total. The number of nitrogens with one attached hydrogen (secondary N) is 1. The first-order chi connectivity index (χ1) is 26.3. The molecule has 0 radical (unpaired) electrons. The van der Waals surface area contributed by atoms with Gasteiger partial charge >= 0.3 is 0 Å². The summed E-state index contributed by atoms with van der Waals surface area (Å²) in [5.41, 5.74) is 8.03. The Labute approximate surface area is 320 Å². The van der Waals surface area contributed by atoms with Gasteiger partial charge in [0, 0.05) is 68.5 Å². The number of aliphatic hydroxyl groups is 1. The number of aliphatic hydroxyl groups excluding tert-OH is 1. The van der Waals surface area contributed by atoms with Crippen molar-refractivity contribution in [3.8, 4) is 40.5 Å². The average molecular weight is 744 g/mol. The lowest BCUT2D eigenvalue weighted by atomic mass is 9.93. The first kappa shape index (κ1) is 38.2. The van der Waals surface area contributed by atoms with E-state index in [1.807, 2.05) is 36.4 Å². The summed E-state index contributed by atoms with van der Waals surface area (Å²) in [6.07, 6.45) is 6.25.